The van der Waals surface area contributed by atoms with Crippen molar-refractivity contribution in [3.05, 3.63) is 29.8 Å². The second-order valence-corrected chi connectivity index (χ2v) is 6.90. The Balaban J connectivity index is 1.59. The Kier molecular flexibility index (Phi) is 4.30. The van der Waals surface area contributed by atoms with E-state index in [1.54, 1.807) is 0 Å². The standard InChI is InChI=1S/C18H28N2/c1-14(2)15-6-5-10-20(11-9-15)13-16-12-19-18-8-4-3-7-17(16)18/h3-4,7-8,14-16,19H,5-6,9-13H2,1-2H3. The summed E-state index contributed by atoms with van der Waals surface area (Å²) in [5.41, 5.74) is 2.88. The van der Waals surface area contributed by atoms with Gasteiger partial charge < -0.3 is 10.2 Å². The van der Waals surface area contributed by atoms with Crippen molar-refractivity contribution < 1.29 is 0 Å². The number of benzene rings is 1. The van der Waals surface area contributed by atoms with Gasteiger partial charge in [0.1, 0.15) is 0 Å². The van der Waals surface area contributed by atoms with E-state index in [0.717, 1.165) is 18.4 Å². The molecule has 0 saturated carbocycles. The first-order chi connectivity index (χ1) is 9.74. The van der Waals surface area contributed by atoms with Crippen LogP contribution in [0.2, 0.25) is 0 Å². The van der Waals surface area contributed by atoms with Gasteiger partial charge in [-0.3, -0.25) is 0 Å². The molecule has 110 valence electrons. The van der Waals surface area contributed by atoms with Crippen molar-refractivity contribution in [2.24, 2.45) is 11.8 Å². The summed E-state index contributed by atoms with van der Waals surface area (Å²) in [6.07, 6.45) is 4.19. The minimum Gasteiger partial charge on any atom is -0.384 e. The maximum Gasteiger partial charge on any atom is 0.0376 e. The van der Waals surface area contributed by atoms with Crippen LogP contribution in [0.5, 0.6) is 0 Å². The predicted octanol–water partition coefficient (Wildman–Crippen LogP) is 3.95. The summed E-state index contributed by atoms with van der Waals surface area (Å²) in [5.74, 6) is 2.47. The first-order valence-electron chi connectivity index (χ1n) is 8.29. The molecule has 2 nitrogen and oxygen atoms in total. The van der Waals surface area contributed by atoms with Gasteiger partial charge in [0.15, 0.2) is 0 Å². The monoisotopic (exact) mass is 272 g/mol. The molecule has 0 bridgehead atoms. The Hall–Kier alpha value is -1.02. The van der Waals surface area contributed by atoms with Gasteiger partial charge in [-0.1, -0.05) is 32.0 Å². The molecule has 1 aromatic carbocycles. The van der Waals surface area contributed by atoms with Crippen LogP contribution in [0.4, 0.5) is 5.69 Å². The topological polar surface area (TPSA) is 15.3 Å². The summed E-state index contributed by atoms with van der Waals surface area (Å²) in [6, 6.07) is 8.82. The average Bonchev–Trinajstić information content (AvgIpc) is 2.69. The van der Waals surface area contributed by atoms with E-state index < -0.39 is 0 Å². The van der Waals surface area contributed by atoms with Crippen LogP contribution < -0.4 is 5.32 Å². The van der Waals surface area contributed by atoms with E-state index in [0.29, 0.717) is 5.92 Å². The molecule has 0 aliphatic carbocycles. The smallest absolute Gasteiger partial charge is 0.0376 e. The molecule has 3 rings (SSSR count). The second kappa shape index (κ2) is 6.17. The minimum absolute atomic E-state index is 0.682. The zero-order chi connectivity index (χ0) is 13.9. The summed E-state index contributed by atoms with van der Waals surface area (Å²) in [7, 11) is 0. The molecule has 0 amide bonds. The first-order valence-corrected chi connectivity index (χ1v) is 8.29. The molecule has 0 spiro atoms. The SMILES string of the molecule is CC(C)C1CCCN(CC2CNc3ccccc32)CC1. The Labute approximate surface area is 123 Å². The zero-order valence-corrected chi connectivity index (χ0v) is 12.9. The summed E-state index contributed by atoms with van der Waals surface area (Å²) in [4.78, 5) is 2.71. The van der Waals surface area contributed by atoms with Crippen LogP contribution in [-0.2, 0) is 0 Å². The van der Waals surface area contributed by atoms with E-state index >= 15 is 0 Å². The van der Waals surface area contributed by atoms with Gasteiger partial charge in [0.2, 0.25) is 0 Å². The molecular weight excluding hydrogens is 244 g/mol. The number of hydrogen-bond acceptors (Lipinski definition) is 2. The van der Waals surface area contributed by atoms with Crippen LogP contribution >= 0.6 is 0 Å². The fraction of sp³-hybridized carbons (Fsp3) is 0.667. The highest BCUT2D eigenvalue weighted by atomic mass is 15.1. The molecule has 2 atom stereocenters. The Bertz CT molecular complexity index is 441. The summed E-state index contributed by atoms with van der Waals surface area (Å²) in [6.45, 7) is 9.70. The van der Waals surface area contributed by atoms with Gasteiger partial charge in [0, 0.05) is 24.7 Å². The van der Waals surface area contributed by atoms with Crippen molar-refractivity contribution in [3.8, 4) is 0 Å². The number of nitrogens with zero attached hydrogens (tertiary/aromatic N) is 1. The van der Waals surface area contributed by atoms with Crippen LogP contribution in [0, 0.1) is 11.8 Å². The predicted molar refractivity (Wildman–Crippen MR) is 86.3 cm³/mol. The molecule has 2 aliphatic rings. The van der Waals surface area contributed by atoms with Gasteiger partial charge in [-0.15, -0.1) is 0 Å². The van der Waals surface area contributed by atoms with E-state index in [9.17, 15) is 0 Å². The van der Waals surface area contributed by atoms with Gasteiger partial charge in [-0.05, 0) is 55.8 Å². The quantitative estimate of drug-likeness (QED) is 0.896. The highest BCUT2D eigenvalue weighted by molar-refractivity contribution is 5.57. The molecular formula is C18H28N2. The second-order valence-electron chi connectivity index (χ2n) is 6.90. The Morgan fingerprint density at radius 3 is 2.90 bits per heavy atom. The molecule has 2 unspecified atom stereocenters. The lowest BCUT2D eigenvalue weighted by Gasteiger charge is -2.24. The van der Waals surface area contributed by atoms with Crippen LogP contribution in [0.3, 0.4) is 0 Å². The number of hydrogen-bond donors (Lipinski definition) is 1. The van der Waals surface area contributed by atoms with E-state index in [1.807, 2.05) is 0 Å². The van der Waals surface area contributed by atoms with Crippen molar-refractivity contribution in [1.82, 2.24) is 4.90 Å². The molecule has 20 heavy (non-hydrogen) atoms. The third-order valence-electron chi connectivity index (χ3n) is 5.23. The van der Waals surface area contributed by atoms with Crippen LogP contribution in [0.25, 0.3) is 0 Å². The van der Waals surface area contributed by atoms with Gasteiger partial charge in [-0.2, -0.15) is 0 Å². The van der Waals surface area contributed by atoms with Crippen LogP contribution in [0.15, 0.2) is 24.3 Å². The molecule has 2 aliphatic heterocycles. The van der Waals surface area contributed by atoms with E-state index in [2.05, 4.69) is 48.3 Å². The molecule has 0 aromatic heterocycles. The normalized spacial score (nSPS) is 27.1. The van der Waals surface area contributed by atoms with Gasteiger partial charge in [0.05, 0.1) is 0 Å². The van der Waals surface area contributed by atoms with E-state index in [-0.39, 0.29) is 0 Å². The minimum atomic E-state index is 0.682. The number of para-hydroxylation sites is 1. The zero-order valence-electron chi connectivity index (χ0n) is 12.9. The third kappa shape index (κ3) is 3.01. The molecule has 2 heteroatoms. The summed E-state index contributed by atoms with van der Waals surface area (Å²) < 4.78 is 0. The van der Waals surface area contributed by atoms with Crippen molar-refractivity contribution in [3.63, 3.8) is 0 Å². The Morgan fingerprint density at radius 1 is 1.20 bits per heavy atom. The van der Waals surface area contributed by atoms with Gasteiger partial charge in [-0.25, -0.2) is 0 Å². The Morgan fingerprint density at radius 2 is 2.05 bits per heavy atom. The van der Waals surface area contributed by atoms with Crippen molar-refractivity contribution in [2.45, 2.75) is 39.0 Å². The van der Waals surface area contributed by atoms with E-state index in [4.69, 9.17) is 0 Å². The average molecular weight is 272 g/mol. The first kappa shape index (κ1) is 13.9. The lowest BCUT2D eigenvalue weighted by Crippen LogP contribution is -2.30. The third-order valence-corrected chi connectivity index (χ3v) is 5.23. The molecule has 1 N–H and O–H groups in total. The number of nitrogens with one attached hydrogen (secondary N) is 1. The molecule has 1 saturated heterocycles. The van der Waals surface area contributed by atoms with E-state index in [1.165, 1.54) is 50.1 Å². The van der Waals surface area contributed by atoms with Crippen LogP contribution in [-0.4, -0.2) is 31.1 Å². The largest absolute Gasteiger partial charge is 0.384 e. The summed E-state index contributed by atoms with van der Waals surface area (Å²) >= 11 is 0. The molecule has 2 heterocycles. The van der Waals surface area contributed by atoms with Crippen molar-refractivity contribution in [2.75, 3.05) is 31.5 Å². The highest BCUT2D eigenvalue weighted by Crippen LogP contribution is 2.32. The highest BCUT2D eigenvalue weighted by Gasteiger charge is 2.26. The van der Waals surface area contributed by atoms with Crippen LogP contribution in [0.1, 0.15) is 44.6 Å². The molecule has 1 fully saturated rings. The molecule has 1 aromatic rings. The molecule has 0 radical (unpaired) electrons. The van der Waals surface area contributed by atoms with Crippen molar-refractivity contribution >= 4 is 5.69 Å². The van der Waals surface area contributed by atoms with Gasteiger partial charge >= 0.3 is 0 Å². The fourth-order valence-electron chi connectivity index (χ4n) is 3.86. The lowest BCUT2D eigenvalue weighted by molar-refractivity contribution is 0.260. The van der Waals surface area contributed by atoms with Gasteiger partial charge in [0.25, 0.3) is 0 Å². The maximum atomic E-state index is 3.56. The van der Waals surface area contributed by atoms with Crippen molar-refractivity contribution in [1.29, 1.82) is 0 Å². The number of likely N-dealkylation sites (tertiary alicyclic amines) is 1. The maximum absolute atomic E-state index is 3.56. The number of anilines is 1. The summed E-state index contributed by atoms with van der Waals surface area (Å²) in [5, 5.41) is 3.56. The number of rotatable bonds is 3. The number of fused-ring (bicyclic) bond motifs is 1. The lowest BCUT2D eigenvalue weighted by atomic mass is 9.89. The fourth-order valence-corrected chi connectivity index (χ4v) is 3.86.